The Labute approximate surface area is 152 Å². The maximum Gasteiger partial charge on any atom is 0.323 e. The first-order valence-electron chi connectivity index (χ1n) is 7.83. The molecule has 2 amide bonds. The summed E-state index contributed by atoms with van der Waals surface area (Å²) in [7, 11) is 0. The van der Waals surface area contributed by atoms with Gasteiger partial charge in [0.25, 0.3) is 0 Å². The highest BCUT2D eigenvalue weighted by Gasteiger charge is 2.10. The molecule has 0 fully saturated rings. The summed E-state index contributed by atoms with van der Waals surface area (Å²) in [5.74, 6) is 0. The van der Waals surface area contributed by atoms with Gasteiger partial charge in [-0.05, 0) is 62.7 Å². The van der Waals surface area contributed by atoms with Crippen LogP contribution in [-0.4, -0.2) is 19.1 Å². The van der Waals surface area contributed by atoms with E-state index < -0.39 is 0 Å². The van der Waals surface area contributed by atoms with E-state index in [1.807, 2.05) is 19.1 Å². The van der Waals surface area contributed by atoms with Crippen molar-refractivity contribution in [3.8, 4) is 0 Å². The molecule has 2 N–H and O–H groups in total. The Bertz CT molecular complexity index is 730. The Morgan fingerprint density at radius 2 is 1.67 bits per heavy atom. The van der Waals surface area contributed by atoms with Crippen LogP contribution in [0.3, 0.4) is 0 Å². The van der Waals surface area contributed by atoms with Crippen LogP contribution in [0.25, 0.3) is 0 Å². The standard InChI is InChI=1S/C18H21Cl2N3O/c1-4-23(5-2)14-7-9-16(12(3)10-14)21-18(24)22-17-11-13(19)6-8-15(17)20/h6-11H,4-5H2,1-3H3,(H2,21,22,24). The zero-order chi connectivity index (χ0) is 17.7. The summed E-state index contributed by atoms with van der Waals surface area (Å²) in [5, 5.41) is 6.49. The minimum absolute atomic E-state index is 0.363. The first-order valence-corrected chi connectivity index (χ1v) is 8.58. The fraction of sp³-hybridized carbons (Fsp3) is 0.278. The van der Waals surface area contributed by atoms with Gasteiger partial charge in [0.15, 0.2) is 0 Å². The fourth-order valence-electron chi connectivity index (χ4n) is 2.44. The number of halogens is 2. The average Bonchev–Trinajstić information content (AvgIpc) is 2.54. The second-order valence-electron chi connectivity index (χ2n) is 5.37. The van der Waals surface area contributed by atoms with E-state index in [-0.39, 0.29) is 6.03 Å². The minimum Gasteiger partial charge on any atom is -0.372 e. The van der Waals surface area contributed by atoms with Gasteiger partial charge in [-0.25, -0.2) is 4.79 Å². The van der Waals surface area contributed by atoms with E-state index in [0.29, 0.717) is 15.7 Å². The van der Waals surface area contributed by atoms with Gasteiger partial charge in [0, 0.05) is 29.5 Å². The molecule has 4 nitrogen and oxygen atoms in total. The molecular formula is C18H21Cl2N3O. The third-order valence-electron chi connectivity index (χ3n) is 3.76. The summed E-state index contributed by atoms with van der Waals surface area (Å²) in [6.07, 6.45) is 0. The van der Waals surface area contributed by atoms with Gasteiger partial charge < -0.3 is 15.5 Å². The number of anilines is 3. The van der Waals surface area contributed by atoms with Crippen LogP contribution < -0.4 is 15.5 Å². The number of carbonyl (C=O) groups excluding carboxylic acids is 1. The topological polar surface area (TPSA) is 44.4 Å². The molecule has 0 aromatic heterocycles. The van der Waals surface area contributed by atoms with Crippen LogP contribution in [0.2, 0.25) is 10.0 Å². The monoisotopic (exact) mass is 365 g/mol. The third kappa shape index (κ3) is 4.56. The zero-order valence-corrected chi connectivity index (χ0v) is 15.5. The average molecular weight is 366 g/mol. The van der Waals surface area contributed by atoms with E-state index in [0.717, 1.165) is 30.0 Å². The van der Waals surface area contributed by atoms with E-state index in [1.165, 1.54) is 0 Å². The normalized spacial score (nSPS) is 10.4. The van der Waals surface area contributed by atoms with Crippen LogP contribution in [0.4, 0.5) is 21.9 Å². The largest absolute Gasteiger partial charge is 0.372 e. The number of aryl methyl sites for hydroxylation is 1. The van der Waals surface area contributed by atoms with Gasteiger partial charge >= 0.3 is 6.03 Å². The van der Waals surface area contributed by atoms with Crippen molar-refractivity contribution in [2.75, 3.05) is 28.6 Å². The molecule has 24 heavy (non-hydrogen) atoms. The second-order valence-corrected chi connectivity index (χ2v) is 6.22. The molecule has 2 rings (SSSR count). The number of nitrogens with zero attached hydrogens (tertiary/aromatic N) is 1. The van der Waals surface area contributed by atoms with Crippen LogP contribution in [0.15, 0.2) is 36.4 Å². The lowest BCUT2D eigenvalue weighted by Gasteiger charge is -2.22. The molecule has 2 aromatic carbocycles. The van der Waals surface area contributed by atoms with Crippen molar-refractivity contribution < 1.29 is 4.79 Å². The molecule has 0 atom stereocenters. The molecule has 0 aliphatic carbocycles. The lowest BCUT2D eigenvalue weighted by Crippen LogP contribution is -2.22. The summed E-state index contributed by atoms with van der Waals surface area (Å²) >= 11 is 12.0. The van der Waals surface area contributed by atoms with E-state index in [1.54, 1.807) is 18.2 Å². The van der Waals surface area contributed by atoms with Crippen LogP contribution in [-0.2, 0) is 0 Å². The maximum absolute atomic E-state index is 12.2. The van der Waals surface area contributed by atoms with Gasteiger partial charge in [-0.3, -0.25) is 0 Å². The van der Waals surface area contributed by atoms with E-state index in [9.17, 15) is 4.79 Å². The van der Waals surface area contributed by atoms with Crippen LogP contribution in [0.5, 0.6) is 0 Å². The predicted molar refractivity (Wildman–Crippen MR) is 104 cm³/mol. The Kier molecular flexibility index (Phi) is 6.35. The van der Waals surface area contributed by atoms with Gasteiger partial charge in [0.1, 0.15) is 0 Å². The second kappa shape index (κ2) is 8.27. The van der Waals surface area contributed by atoms with Crippen molar-refractivity contribution >= 4 is 46.3 Å². The van der Waals surface area contributed by atoms with E-state index >= 15 is 0 Å². The van der Waals surface area contributed by atoms with Crippen molar-refractivity contribution in [2.45, 2.75) is 20.8 Å². The Morgan fingerprint density at radius 3 is 2.29 bits per heavy atom. The molecule has 0 heterocycles. The number of rotatable bonds is 5. The molecule has 128 valence electrons. The third-order valence-corrected chi connectivity index (χ3v) is 4.33. The van der Waals surface area contributed by atoms with Crippen molar-refractivity contribution in [2.24, 2.45) is 0 Å². The molecule has 0 spiro atoms. The highest BCUT2D eigenvalue weighted by Crippen LogP contribution is 2.26. The van der Waals surface area contributed by atoms with E-state index in [2.05, 4.69) is 35.4 Å². The van der Waals surface area contributed by atoms with Crippen LogP contribution >= 0.6 is 23.2 Å². The van der Waals surface area contributed by atoms with Gasteiger partial charge in [-0.1, -0.05) is 23.2 Å². The number of hydrogen-bond donors (Lipinski definition) is 2. The summed E-state index contributed by atoms with van der Waals surface area (Å²) in [4.78, 5) is 14.4. The molecule has 6 heteroatoms. The molecular weight excluding hydrogens is 345 g/mol. The molecule has 0 saturated heterocycles. The Balaban J connectivity index is 2.10. The molecule has 0 aliphatic rings. The Hall–Kier alpha value is -1.91. The first-order chi connectivity index (χ1) is 11.4. The number of amides is 2. The van der Waals surface area contributed by atoms with E-state index in [4.69, 9.17) is 23.2 Å². The number of nitrogens with one attached hydrogen (secondary N) is 2. The highest BCUT2D eigenvalue weighted by molar-refractivity contribution is 6.35. The lowest BCUT2D eigenvalue weighted by atomic mass is 10.1. The molecule has 0 radical (unpaired) electrons. The first kappa shape index (κ1) is 18.4. The fourth-order valence-corrected chi connectivity index (χ4v) is 2.78. The predicted octanol–water partition coefficient (Wildman–Crippen LogP) is 5.79. The molecule has 0 bridgehead atoms. The van der Waals surface area contributed by atoms with Crippen LogP contribution in [0, 0.1) is 6.92 Å². The highest BCUT2D eigenvalue weighted by atomic mass is 35.5. The molecule has 0 saturated carbocycles. The van der Waals surface area contributed by atoms with Crippen LogP contribution in [0.1, 0.15) is 19.4 Å². The zero-order valence-electron chi connectivity index (χ0n) is 14.0. The molecule has 2 aromatic rings. The van der Waals surface area contributed by atoms with Gasteiger partial charge in [0.2, 0.25) is 0 Å². The summed E-state index contributed by atoms with van der Waals surface area (Å²) in [5.41, 5.74) is 3.36. The van der Waals surface area contributed by atoms with Gasteiger partial charge in [-0.15, -0.1) is 0 Å². The summed E-state index contributed by atoms with van der Waals surface area (Å²) in [6, 6.07) is 10.5. The smallest absolute Gasteiger partial charge is 0.323 e. The van der Waals surface area contributed by atoms with Gasteiger partial charge in [0.05, 0.1) is 10.7 Å². The number of urea groups is 1. The quantitative estimate of drug-likeness (QED) is 0.703. The lowest BCUT2D eigenvalue weighted by molar-refractivity contribution is 0.262. The Morgan fingerprint density at radius 1 is 1.00 bits per heavy atom. The minimum atomic E-state index is -0.363. The van der Waals surface area contributed by atoms with Crippen molar-refractivity contribution in [1.82, 2.24) is 0 Å². The summed E-state index contributed by atoms with van der Waals surface area (Å²) < 4.78 is 0. The van der Waals surface area contributed by atoms with Crippen molar-refractivity contribution in [1.29, 1.82) is 0 Å². The molecule has 0 aliphatic heterocycles. The maximum atomic E-state index is 12.2. The van der Waals surface area contributed by atoms with Gasteiger partial charge in [-0.2, -0.15) is 0 Å². The number of carbonyl (C=O) groups is 1. The molecule has 0 unspecified atom stereocenters. The SMILES string of the molecule is CCN(CC)c1ccc(NC(=O)Nc2cc(Cl)ccc2Cl)c(C)c1. The summed E-state index contributed by atoms with van der Waals surface area (Å²) in [6.45, 7) is 8.09. The number of benzene rings is 2. The number of hydrogen-bond acceptors (Lipinski definition) is 2. The van der Waals surface area contributed by atoms with Crippen molar-refractivity contribution in [3.63, 3.8) is 0 Å². The van der Waals surface area contributed by atoms with Crippen molar-refractivity contribution in [3.05, 3.63) is 52.0 Å².